The molecule has 82 valence electrons. The molecule has 0 radical (unpaired) electrons. The van der Waals surface area contributed by atoms with Gasteiger partial charge in [0.15, 0.2) is 0 Å². The number of hydrogen-bond acceptors (Lipinski definition) is 1. The van der Waals surface area contributed by atoms with Gasteiger partial charge in [-0.1, -0.05) is 30.2 Å². The molecule has 1 aromatic rings. The Kier molecular flexibility index (Phi) is 3.26. The lowest BCUT2D eigenvalue weighted by Crippen LogP contribution is -2.31. The van der Waals surface area contributed by atoms with Gasteiger partial charge in [-0.3, -0.25) is 4.79 Å². The topological polar surface area (TPSA) is 29.1 Å². The standard InChI is InChI=1S/C14H15NO/c1-2-10-15-14(16)13-9-5-7-11-6-3-4-8-12(11)13/h1,3-4,6,8,13H,5,7,9-10H2,(H,15,16). The first-order valence-corrected chi connectivity index (χ1v) is 5.62. The second kappa shape index (κ2) is 4.85. The molecule has 0 bridgehead atoms. The molecule has 2 heteroatoms. The fraction of sp³-hybridized carbons (Fsp3) is 0.357. The highest BCUT2D eigenvalue weighted by atomic mass is 16.1. The molecule has 2 rings (SSSR count). The van der Waals surface area contributed by atoms with E-state index in [1.54, 1.807) is 0 Å². The van der Waals surface area contributed by atoms with Crippen molar-refractivity contribution >= 4 is 5.91 Å². The number of rotatable bonds is 2. The second-order valence-electron chi connectivity index (χ2n) is 4.07. The van der Waals surface area contributed by atoms with Crippen molar-refractivity contribution in [3.05, 3.63) is 35.4 Å². The van der Waals surface area contributed by atoms with Crippen LogP contribution in [0.15, 0.2) is 24.3 Å². The van der Waals surface area contributed by atoms with Gasteiger partial charge in [0, 0.05) is 0 Å². The molecule has 2 nitrogen and oxygen atoms in total. The van der Waals surface area contributed by atoms with Crippen molar-refractivity contribution in [2.24, 2.45) is 0 Å². The second-order valence-corrected chi connectivity index (χ2v) is 4.07. The normalized spacial score (nSPS) is 18.3. The van der Waals surface area contributed by atoms with E-state index in [2.05, 4.69) is 23.4 Å². The van der Waals surface area contributed by atoms with Crippen LogP contribution in [0, 0.1) is 12.3 Å². The summed E-state index contributed by atoms with van der Waals surface area (Å²) in [5.41, 5.74) is 2.47. The third-order valence-electron chi connectivity index (χ3n) is 3.05. The maximum absolute atomic E-state index is 11.9. The molecule has 0 saturated carbocycles. The van der Waals surface area contributed by atoms with Crippen molar-refractivity contribution in [1.82, 2.24) is 5.32 Å². The quantitative estimate of drug-likeness (QED) is 0.746. The molecular weight excluding hydrogens is 198 g/mol. The molecular formula is C14H15NO. The molecule has 1 amide bonds. The Labute approximate surface area is 96.1 Å². The van der Waals surface area contributed by atoms with Crippen molar-refractivity contribution in [3.8, 4) is 12.3 Å². The van der Waals surface area contributed by atoms with Gasteiger partial charge in [0.2, 0.25) is 5.91 Å². The summed E-state index contributed by atoms with van der Waals surface area (Å²) < 4.78 is 0. The number of nitrogens with one attached hydrogen (secondary N) is 1. The van der Waals surface area contributed by atoms with Crippen molar-refractivity contribution in [2.45, 2.75) is 25.2 Å². The highest BCUT2D eigenvalue weighted by molar-refractivity contribution is 5.84. The fourth-order valence-electron chi connectivity index (χ4n) is 2.29. The fourth-order valence-corrected chi connectivity index (χ4v) is 2.29. The van der Waals surface area contributed by atoms with Gasteiger partial charge in [-0.05, 0) is 30.4 Å². The van der Waals surface area contributed by atoms with E-state index in [1.807, 2.05) is 12.1 Å². The summed E-state index contributed by atoms with van der Waals surface area (Å²) in [7, 11) is 0. The third-order valence-corrected chi connectivity index (χ3v) is 3.05. The van der Waals surface area contributed by atoms with Crippen molar-refractivity contribution < 1.29 is 4.79 Å². The molecule has 1 aromatic carbocycles. The Morgan fingerprint density at radius 2 is 2.31 bits per heavy atom. The Balaban J connectivity index is 2.19. The number of aryl methyl sites for hydroxylation is 1. The van der Waals surface area contributed by atoms with Gasteiger partial charge < -0.3 is 5.32 Å². The van der Waals surface area contributed by atoms with E-state index < -0.39 is 0 Å². The van der Waals surface area contributed by atoms with Crippen LogP contribution >= 0.6 is 0 Å². The minimum Gasteiger partial charge on any atom is -0.345 e. The molecule has 0 aliphatic heterocycles. The number of amides is 1. The average Bonchev–Trinajstić information content (AvgIpc) is 2.35. The molecule has 16 heavy (non-hydrogen) atoms. The molecule has 1 aliphatic rings. The van der Waals surface area contributed by atoms with Gasteiger partial charge in [0.1, 0.15) is 0 Å². The lowest BCUT2D eigenvalue weighted by atomic mass is 9.82. The molecule has 1 N–H and O–H groups in total. The van der Waals surface area contributed by atoms with E-state index in [-0.39, 0.29) is 11.8 Å². The average molecular weight is 213 g/mol. The number of terminal acetylenes is 1. The zero-order valence-corrected chi connectivity index (χ0v) is 9.20. The smallest absolute Gasteiger partial charge is 0.228 e. The van der Waals surface area contributed by atoms with Crippen LogP contribution in [-0.2, 0) is 11.2 Å². The monoisotopic (exact) mass is 213 g/mol. The zero-order valence-electron chi connectivity index (χ0n) is 9.20. The summed E-state index contributed by atoms with van der Waals surface area (Å²) in [5.74, 6) is 2.47. The number of carbonyl (C=O) groups is 1. The first kappa shape index (κ1) is 10.8. The van der Waals surface area contributed by atoms with E-state index in [0.717, 1.165) is 19.3 Å². The predicted molar refractivity (Wildman–Crippen MR) is 64.0 cm³/mol. The van der Waals surface area contributed by atoms with Crippen LogP contribution in [0.2, 0.25) is 0 Å². The molecule has 0 aromatic heterocycles. The van der Waals surface area contributed by atoms with Gasteiger partial charge in [-0.2, -0.15) is 0 Å². The largest absolute Gasteiger partial charge is 0.345 e. The van der Waals surface area contributed by atoms with Crippen LogP contribution in [0.4, 0.5) is 0 Å². The Morgan fingerprint density at radius 3 is 3.12 bits per heavy atom. The summed E-state index contributed by atoms with van der Waals surface area (Å²) in [6.45, 7) is 0.317. The minimum absolute atomic E-state index is 0.0155. The molecule has 0 fully saturated rings. The van der Waals surface area contributed by atoms with Gasteiger partial charge in [-0.25, -0.2) is 0 Å². The van der Waals surface area contributed by atoms with Crippen molar-refractivity contribution in [1.29, 1.82) is 0 Å². The lowest BCUT2D eigenvalue weighted by Gasteiger charge is -2.24. The SMILES string of the molecule is C#CCNC(=O)C1CCCc2ccccc21. The molecule has 0 saturated heterocycles. The van der Waals surface area contributed by atoms with Crippen LogP contribution in [-0.4, -0.2) is 12.5 Å². The van der Waals surface area contributed by atoms with E-state index >= 15 is 0 Å². The van der Waals surface area contributed by atoms with Gasteiger partial charge in [0.05, 0.1) is 12.5 Å². The van der Waals surface area contributed by atoms with E-state index in [9.17, 15) is 4.79 Å². The minimum atomic E-state index is -0.0155. The molecule has 1 atom stereocenters. The summed E-state index contributed by atoms with van der Waals surface area (Å²) in [6.07, 6.45) is 8.21. The van der Waals surface area contributed by atoms with Crippen LogP contribution in [0.5, 0.6) is 0 Å². The Hall–Kier alpha value is -1.75. The first-order valence-electron chi connectivity index (χ1n) is 5.62. The van der Waals surface area contributed by atoms with Gasteiger partial charge in [-0.15, -0.1) is 6.42 Å². The highest BCUT2D eigenvalue weighted by Crippen LogP contribution is 2.31. The van der Waals surface area contributed by atoms with Gasteiger partial charge >= 0.3 is 0 Å². The van der Waals surface area contributed by atoms with Gasteiger partial charge in [0.25, 0.3) is 0 Å². The van der Waals surface area contributed by atoms with Crippen molar-refractivity contribution in [3.63, 3.8) is 0 Å². The van der Waals surface area contributed by atoms with Crippen LogP contribution in [0.3, 0.4) is 0 Å². The third kappa shape index (κ3) is 2.09. The summed E-state index contributed by atoms with van der Waals surface area (Å²) in [6, 6.07) is 8.18. The molecule has 0 spiro atoms. The summed E-state index contributed by atoms with van der Waals surface area (Å²) >= 11 is 0. The number of hydrogen-bond donors (Lipinski definition) is 1. The highest BCUT2D eigenvalue weighted by Gasteiger charge is 2.25. The lowest BCUT2D eigenvalue weighted by molar-refractivity contribution is -0.122. The first-order chi connectivity index (χ1) is 7.83. The Morgan fingerprint density at radius 1 is 1.50 bits per heavy atom. The maximum atomic E-state index is 11.9. The summed E-state index contributed by atoms with van der Waals surface area (Å²) in [4.78, 5) is 11.9. The predicted octanol–water partition coefficient (Wildman–Crippen LogP) is 1.86. The van der Waals surface area contributed by atoms with Crippen molar-refractivity contribution in [2.75, 3.05) is 6.54 Å². The van der Waals surface area contributed by atoms with Crippen LogP contribution in [0.25, 0.3) is 0 Å². The summed E-state index contributed by atoms with van der Waals surface area (Å²) in [5, 5.41) is 2.77. The van der Waals surface area contributed by atoms with Crippen LogP contribution in [0.1, 0.15) is 29.9 Å². The zero-order chi connectivity index (χ0) is 11.4. The van der Waals surface area contributed by atoms with Crippen LogP contribution < -0.4 is 5.32 Å². The molecule has 1 unspecified atom stereocenters. The van der Waals surface area contributed by atoms with E-state index in [1.165, 1.54) is 11.1 Å². The number of carbonyl (C=O) groups excluding carboxylic acids is 1. The maximum Gasteiger partial charge on any atom is 0.228 e. The van der Waals surface area contributed by atoms with E-state index in [0.29, 0.717) is 6.54 Å². The number of benzene rings is 1. The van der Waals surface area contributed by atoms with E-state index in [4.69, 9.17) is 6.42 Å². The molecule has 0 heterocycles. The Bertz CT molecular complexity index is 431. The molecule has 1 aliphatic carbocycles. The number of fused-ring (bicyclic) bond motifs is 1.